The molecule has 1 aromatic rings. The second-order valence-electron chi connectivity index (χ2n) is 4.45. The molecule has 0 aliphatic rings. The Bertz CT molecular complexity index is 315. The van der Waals surface area contributed by atoms with E-state index in [-0.39, 0.29) is 0 Å². The third-order valence-electron chi connectivity index (χ3n) is 3.52. The van der Waals surface area contributed by atoms with Crippen LogP contribution in [0.2, 0.25) is 0 Å². The molecular weight excluding hydrogens is 248 g/mol. The normalized spacial score (nSPS) is 12.1. The van der Waals surface area contributed by atoms with Gasteiger partial charge < -0.3 is 5.32 Å². The Hall–Kier alpha value is -0.0600. The summed E-state index contributed by atoms with van der Waals surface area (Å²) in [5.41, 5.74) is 1.17. The zero-order valence-electron chi connectivity index (χ0n) is 11.6. The van der Waals surface area contributed by atoms with Crippen molar-refractivity contribution in [3.05, 3.63) is 15.6 Å². The summed E-state index contributed by atoms with van der Waals surface area (Å²) in [5.74, 6) is 0. The van der Waals surface area contributed by atoms with Crippen molar-refractivity contribution in [2.24, 2.45) is 0 Å². The first kappa shape index (κ1) is 15.0. The predicted octanol–water partition coefficient (Wildman–Crippen LogP) is 3.77. The van der Waals surface area contributed by atoms with Crippen LogP contribution in [-0.2, 0) is 6.54 Å². The van der Waals surface area contributed by atoms with Gasteiger partial charge in [0.25, 0.3) is 0 Å². The molecule has 0 aromatic carbocycles. The first-order valence-electron chi connectivity index (χ1n) is 6.25. The highest BCUT2D eigenvalue weighted by Gasteiger charge is 2.24. The van der Waals surface area contributed by atoms with Crippen molar-refractivity contribution in [1.29, 1.82) is 0 Å². The van der Waals surface area contributed by atoms with E-state index >= 15 is 0 Å². The topological polar surface area (TPSA) is 24.9 Å². The fourth-order valence-corrected chi connectivity index (χ4v) is 3.60. The summed E-state index contributed by atoms with van der Waals surface area (Å²) in [6, 6.07) is 0. The zero-order chi connectivity index (χ0) is 12.9. The number of aromatic nitrogens is 1. The summed E-state index contributed by atoms with van der Waals surface area (Å²) in [6.07, 6.45) is 4.65. The average Bonchev–Trinajstić information content (AvgIpc) is 2.65. The molecule has 0 radical (unpaired) electrons. The lowest BCUT2D eigenvalue weighted by Crippen LogP contribution is -2.36. The van der Waals surface area contributed by atoms with E-state index in [1.807, 2.05) is 23.1 Å². The van der Waals surface area contributed by atoms with E-state index in [1.165, 1.54) is 28.4 Å². The molecule has 0 unspecified atom stereocenters. The van der Waals surface area contributed by atoms with Gasteiger partial charge in [0.05, 0.1) is 5.69 Å². The Morgan fingerprint density at radius 3 is 2.35 bits per heavy atom. The molecule has 0 saturated carbocycles. The van der Waals surface area contributed by atoms with Crippen LogP contribution in [0.4, 0.5) is 0 Å². The fraction of sp³-hybridized carbons (Fsp3) is 0.769. The van der Waals surface area contributed by atoms with E-state index in [0.29, 0.717) is 4.75 Å². The highest BCUT2D eigenvalue weighted by Crippen LogP contribution is 2.29. The van der Waals surface area contributed by atoms with Crippen molar-refractivity contribution in [2.45, 2.75) is 51.8 Å². The quantitative estimate of drug-likeness (QED) is 0.818. The van der Waals surface area contributed by atoms with Crippen molar-refractivity contribution in [1.82, 2.24) is 10.3 Å². The third kappa shape index (κ3) is 3.97. The van der Waals surface area contributed by atoms with Crippen molar-refractivity contribution < 1.29 is 0 Å². The van der Waals surface area contributed by atoms with Gasteiger partial charge in [-0.2, -0.15) is 11.8 Å². The van der Waals surface area contributed by atoms with Gasteiger partial charge in [0.1, 0.15) is 5.01 Å². The van der Waals surface area contributed by atoms with Crippen molar-refractivity contribution in [3.8, 4) is 0 Å². The molecule has 0 spiro atoms. The highest BCUT2D eigenvalue weighted by atomic mass is 32.2. The summed E-state index contributed by atoms with van der Waals surface area (Å²) in [7, 11) is 0. The predicted molar refractivity (Wildman–Crippen MR) is 80.1 cm³/mol. The smallest absolute Gasteiger partial charge is 0.107 e. The molecule has 2 nitrogen and oxygen atoms in total. The van der Waals surface area contributed by atoms with Crippen molar-refractivity contribution >= 4 is 23.1 Å². The molecular formula is C13H24N2S2. The molecule has 0 amide bonds. The molecule has 0 saturated heterocycles. The van der Waals surface area contributed by atoms with Gasteiger partial charge in [0.2, 0.25) is 0 Å². The number of rotatable bonds is 7. The van der Waals surface area contributed by atoms with Crippen LogP contribution in [0.3, 0.4) is 0 Å². The molecule has 98 valence electrons. The Labute approximate surface area is 114 Å². The lowest BCUT2D eigenvalue weighted by molar-refractivity contribution is 0.494. The van der Waals surface area contributed by atoms with Crippen LogP contribution in [0, 0.1) is 13.8 Å². The molecule has 4 heteroatoms. The van der Waals surface area contributed by atoms with Crippen LogP contribution in [0.5, 0.6) is 0 Å². The molecule has 1 aromatic heterocycles. The standard InChI is InChI=1S/C13H24N2S2/c1-6-13(7-2,16-5)9-14-8-12-15-10(3)11(4)17-12/h14H,6-9H2,1-5H3. The minimum atomic E-state index is 0.390. The van der Waals surface area contributed by atoms with Crippen LogP contribution in [0.1, 0.15) is 42.3 Å². The third-order valence-corrected chi connectivity index (χ3v) is 6.18. The largest absolute Gasteiger partial charge is 0.309 e. The molecule has 0 aliphatic carbocycles. The van der Waals surface area contributed by atoms with Gasteiger partial charge in [-0.25, -0.2) is 4.98 Å². The fourth-order valence-electron chi connectivity index (χ4n) is 1.87. The number of hydrogen-bond donors (Lipinski definition) is 1. The maximum Gasteiger partial charge on any atom is 0.107 e. The minimum Gasteiger partial charge on any atom is -0.309 e. The number of thioether (sulfide) groups is 1. The maximum atomic E-state index is 4.56. The Morgan fingerprint density at radius 1 is 1.29 bits per heavy atom. The van der Waals surface area contributed by atoms with Gasteiger partial charge >= 0.3 is 0 Å². The second-order valence-corrected chi connectivity index (χ2v) is 7.01. The Kier molecular flexibility index (Phi) is 5.97. The highest BCUT2D eigenvalue weighted by molar-refractivity contribution is 8.00. The number of aryl methyl sites for hydroxylation is 2. The SMILES string of the molecule is CCC(CC)(CNCc1nc(C)c(C)s1)SC. The molecule has 0 aliphatic heterocycles. The van der Waals surface area contributed by atoms with Gasteiger partial charge in [-0.1, -0.05) is 13.8 Å². The van der Waals surface area contributed by atoms with Crippen LogP contribution in [-0.4, -0.2) is 22.5 Å². The van der Waals surface area contributed by atoms with E-state index in [2.05, 4.69) is 44.3 Å². The lowest BCUT2D eigenvalue weighted by Gasteiger charge is -2.29. The van der Waals surface area contributed by atoms with Crippen LogP contribution >= 0.6 is 23.1 Å². The Morgan fingerprint density at radius 2 is 1.94 bits per heavy atom. The van der Waals surface area contributed by atoms with E-state index in [0.717, 1.165) is 13.1 Å². The number of nitrogens with one attached hydrogen (secondary N) is 1. The van der Waals surface area contributed by atoms with E-state index in [4.69, 9.17) is 0 Å². The van der Waals surface area contributed by atoms with Gasteiger partial charge in [-0.05, 0) is 32.9 Å². The molecule has 1 heterocycles. The summed E-state index contributed by atoms with van der Waals surface area (Å²) in [6.45, 7) is 10.7. The molecule has 1 N–H and O–H groups in total. The number of thiazole rings is 1. The van der Waals surface area contributed by atoms with Gasteiger partial charge in [0, 0.05) is 22.7 Å². The molecule has 1 rings (SSSR count). The summed E-state index contributed by atoms with van der Waals surface area (Å²) in [4.78, 5) is 5.89. The minimum absolute atomic E-state index is 0.390. The van der Waals surface area contributed by atoms with Gasteiger partial charge in [0.15, 0.2) is 0 Å². The maximum absolute atomic E-state index is 4.56. The summed E-state index contributed by atoms with van der Waals surface area (Å²) in [5, 5.41) is 4.77. The molecule has 17 heavy (non-hydrogen) atoms. The van der Waals surface area contributed by atoms with E-state index < -0.39 is 0 Å². The molecule has 0 bridgehead atoms. The summed E-state index contributed by atoms with van der Waals surface area (Å²) < 4.78 is 0.390. The van der Waals surface area contributed by atoms with E-state index in [1.54, 1.807) is 0 Å². The Balaban J connectivity index is 2.46. The first-order chi connectivity index (χ1) is 8.06. The summed E-state index contributed by atoms with van der Waals surface area (Å²) >= 11 is 3.79. The van der Waals surface area contributed by atoms with Crippen molar-refractivity contribution in [3.63, 3.8) is 0 Å². The first-order valence-corrected chi connectivity index (χ1v) is 8.29. The lowest BCUT2D eigenvalue weighted by atomic mass is 10.0. The second kappa shape index (κ2) is 6.76. The van der Waals surface area contributed by atoms with E-state index in [9.17, 15) is 0 Å². The number of nitrogens with zero attached hydrogens (tertiary/aromatic N) is 1. The monoisotopic (exact) mass is 272 g/mol. The van der Waals surface area contributed by atoms with Crippen LogP contribution < -0.4 is 5.32 Å². The molecule has 0 atom stereocenters. The zero-order valence-corrected chi connectivity index (χ0v) is 13.2. The average molecular weight is 272 g/mol. The number of hydrogen-bond acceptors (Lipinski definition) is 4. The van der Waals surface area contributed by atoms with Crippen LogP contribution in [0.15, 0.2) is 0 Å². The van der Waals surface area contributed by atoms with Gasteiger partial charge in [-0.15, -0.1) is 11.3 Å². The van der Waals surface area contributed by atoms with Gasteiger partial charge in [-0.3, -0.25) is 0 Å². The van der Waals surface area contributed by atoms with Crippen molar-refractivity contribution in [2.75, 3.05) is 12.8 Å². The van der Waals surface area contributed by atoms with Crippen LogP contribution in [0.25, 0.3) is 0 Å². The molecule has 0 fully saturated rings.